The molecule has 0 unspecified atom stereocenters. The first-order valence-electron chi connectivity index (χ1n) is 8.58. The third-order valence-electron chi connectivity index (χ3n) is 4.83. The van der Waals surface area contributed by atoms with Crippen molar-refractivity contribution in [2.24, 2.45) is 5.92 Å². The highest BCUT2D eigenvalue weighted by Crippen LogP contribution is 2.30. The molecule has 0 N–H and O–H groups in total. The number of aryl methyl sites for hydroxylation is 3. The van der Waals surface area contributed by atoms with Gasteiger partial charge in [0, 0.05) is 41.6 Å². The Morgan fingerprint density at radius 2 is 2.25 bits per heavy atom. The molecule has 2 aromatic heterocycles. The maximum atomic E-state index is 12.9. The fourth-order valence-electron chi connectivity index (χ4n) is 3.44. The summed E-state index contributed by atoms with van der Waals surface area (Å²) >= 11 is 1.72. The lowest BCUT2D eigenvalue weighted by Crippen LogP contribution is -2.42. The van der Waals surface area contributed by atoms with E-state index < -0.39 is 0 Å². The molecule has 0 bridgehead atoms. The zero-order valence-corrected chi connectivity index (χ0v) is 15.7. The summed E-state index contributed by atoms with van der Waals surface area (Å²) in [6, 6.07) is 0. The minimum atomic E-state index is -0.0569. The summed E-state index contributed by atoms with van der Waals surface area (Å²) in [6.45, 7) is 9.52. The lowest BCUT2D eigenvalue weighted by atomic mass is 9.94. The molecular formula is C18H25N3O2S. The average Bonchev–Trinajstić information content (AvgIpc) is 3.15. The van der Waals surface area contributed by atoms with Crippen LogP contribution in [0.1, 0.15) is 53.4 Å². The van der Waals surface area contributed by atoms with Crippen LogP contribution < -0.4 is 0 Å². The second kappa shape index (κ2) is 7.05. The van der Waals surface area contributed by atoms with E-state index in [0.29, 0.717) is 12.3 Å². The number of nitrogens with zero attached hydrogens (tertiary/aromatic N) is 3. The molecule has 1 saturated heterocycles. The number of hydrogen-bond donors (Lipinski definition) is 0. The Morgan fingerprint density at radius 3 is 2.88 bits per heavy atom. The van der Waals surface area contributed by atoms with Crippen LogP contribution >= 0.6 is 11.3 Å². The van der Waals surface area contributed by atoms with Crippen molar-refractivity contribution in [3.63, 3.8) is 0 Å². The van der Waals surface area contributed by atoms with Crippen molar-refractivity contribution in [1.29, 1.82) is 0 Å². The van der Waals surface area contributed by atoms with E-state index in [1.807, 2.05) is 32.6 Å². The van der Waals surface area contributed by atoms with Gasteiger partial charge in [-0.2, -0.15) is 0 Å². The van der Waals surface area contributed by atoms with Gasteiger partial charge in [0.25, 0.3) is 0 Å². The van der Waals surface area contributed by atoms with Gasteiger partial charge in [-0.1, -0.05) is 12.1 Å². The van der Waals surface area contributed by atoms with Gasteiger partial charge in [-0.25, -0.2) is 4.98 Å². The van der Waals surface area contributed by atoms with Gasteiger partial charge in [-0.3, -0.25) is 4.79 Å². The molecule has 0 saturated carbocycles. The fraction of sp³-hybridized carbons (Fsp3) is 0.611. The Hall–Kier alpha value is -1.69. The van der Waals surface area contributed by atoms with Gasteiger partial charge >= 0.3 is 0 Å². The number of likely N-dealkylation sites (tertiary alicyclic amines) is 1. The molecule has 130 valence electrons. The van der Waals surface area contributed by atoms with Gasteiger partial charge < -0.3 is 9.42 Å². The predicted molar refractivity (Wildman–Crippen MR) is 94.3 cm³/mol. The number of rotatable bonds is 4. The van der Waals surface area contributed by atoms with E-state index >= 15 is 0 Å². The molecule has 1 aliphatic heterocycles. The summed E-state index contributed by atoms with van der Waals surface area (Å²) in [4.78, 5) is 19.5. The maximum absolute atomic E-state index is 12.9. The van der Waals surface area contributed by atoms with Crippen LogP contribution in [0.4, 0.5) is 0 Å². The summed E-state index contributed by atoms with van der Waals surface area (Å²) in [5, 5.41) is 7.25. The Bertz CT molecular complexity index is 702. The van der Waals surface area contributed by atoms with Gasteiger partial charge in [0.15, 0.2) is 0 Å². The number of carbonyl (C=O) groups is 1. The highest BCUT2D eigenvalue weighted by Gasteiger charge is 2.29. The molecule has 2 aromatic rings. The van der Waals surface area contributed by atoms with Gasteiger partial charge in [-0.15, -0.1) is 11.3 Å². The largest absolute Gasteiger partial charge is 0.361 e. The van der Waals surface area contributed by atoms with Crippen LogP contribution in [0, 0.1) is 26.7 Å². The van der Waals surface area contributed by atoms with Gasteiger partial charge in [0.2, 0.25) is 5.91 Å². The smallest absolute Gasteiger partial charge is 0.225 e. The van der Waals surface area contributed by atoms with E-state index in [1.165, 1.54) is 5.01 Å². The molecule has 0 aliphatic carbocycles. The number of thiazole rings is 1. The highest BCUT2D eigenvalue weighted by atomic mass is 32.1. The maximum Gasteiger partial charge on any atom is 0.225 e. The van der Waals surface area contributed by atoms with Crippen molar-refractivity contribution in [3.05, 3.63) is 33.1 Å². The monoisotopic (exact) mass is 347 g/mol. The number of hydrogen-bond acceptors (Lipinski definition) is 5. The van der Waals surface area contributed by atoms with Crippen LogP contribution in [0.2, 0.25) is 0 Å². The molecule has 6 heteroatoms. The topological polar surface area (TPSA) is 59.2 Å². The lowest BCUT2D eigenvalue weighted by molar-refractivity contribution is -0.136. The zero-order valence-electron chi connectivity index (χ0n) is 14.8. The zero-order chi connectivity index (χ0) is 17.3. The molecular weight excluding hydrogens is 322 g/mol. The van der Waals surface area contributed by atoms with Crippen molar-refractivity contribution >= 4 is 17.2 Å². The molecule has 0 spiro atoms. The third kappa shape index (κ3) is 3.53. The van der Waals surface area contributed by atoms with Crippen LogP contribution in [0.25, 0.3) is 0 Å². The molecule has 3 rings (SSSR count). The molecule has 2 atom stereocenters. The van der Waals surface area contributed by atoms with Crippen molar-refractivity contribution in [2.45, 2.75) is 52.9 Å². The van der Waals surface area contributed by atoms with Crippen LogP contribution in [-0.4, -0.2) is 34.0 Å². The summed E-state index contributed by atoms with van der Waals surface area (Å²) in [5.74, 6) is 1.38. The minimum absolute atomic E-state index is 0.0569. The minimum Gasteiger partial charge on any atom is -0.361 e. The summed E-state index contributed by atoms with van der Waals surface area (Å²) < 4.78 is 5.22. The van der Waals surface area contributed by atoms with Crippen LogP contribution in [0.3, 0.4) is 0 Å². The van der Waals surface area contributed by atoms with Crippen LogP contribution in [0.5, 0.6) is 0 Å². The Morgan fingerprint density at radius 1 is 1.46 bits per heavy atom. The molecule has 3 heterocycles. The van der Waals surface area contributed by atoms with Crippen molar-refractivity contribution in [1.82, 2.24) is 15.0 Å². The SMILES string of the molecule is Cc1csc([C@H]2CCCN(C(=O)[C@@H](C)Cc3c(C)noc3C)C2)n1. The Balaban J connectivity index is 1.65. The molecule has 0 radical (unpaired) electrons. The lowest BCUT2D eigenvalue weighted by Gasteiger charge is -2.33. The first kappa shape index (κ1) is 17.1. The molecule has 0 aromatic carbocycles. The second-order valence-corrected chi connectivity index (χ2v) is 7.75. The van der Waals surface area contributed by atoms with E-state index in [-0.39, 0.29) is 11.8 Å². The highest BCUT2D eigenvalue weighted by molar-refractivity contribution is 7.09. The second-order valence-electron chi connectivity index (χ2n) is 6.86. The van der Waals surface area contributed by atoms with Crippen LogP contribution in [-0.2, 0) is 11.2 Å². The van der Waals surface area contributed by atoms with E-state index in [0.717, 1.165) is 48.6 Å². The van der Waals surface area contributed by atoms with E-state index in [9.17, 15) is 4.79 Å². The predicted octanol–water partition coefficient (Wildman–Crippen LogP) is 3.64. The van der Waals surface area contributed by atoms with E-state index in [2.05, 4.69) is 15.5 Å². The van der Waals surface area contributed by atoms with Crippen molar-refractivity contribution in [2.75, 3.05) is 13.1 Å². The first-order valence-corrected chi connectivity index (χ1v) is 9.46. The number of piperidine rings is 1. The Labute approximate surface area is 147 Å². The summed E-state index contributed by atoms with van der Waals surface area (Å²) in [7, 11) is 0. The summed E-state index contributed by atoms with van der Waals surface area (Å²) in [6.07, 6.45) is 2.86. The van der Waals surface area contributed by atoms with E-state index in [1.54, 1.807) is 11.3 Å². The first-order chi connectivity index (χ1) is 11.5. The standard InChI is InChI=1S/C18H25N3O2S/c1-11(8-16-13(3)20-23-14(16)4)18(22)21-7-5-6-15(9-21)17-19-12(2)10-24-17/h10-11,15H,5-9H2,1-4H3/t11-,15-/m0/s1. The van der Waals surface area contributed by atoms with Crippen molar-refractivity contribution < 1.29 is 9.32 Å². The fourth-order valence-corrected chi connectivity index (χ4v) is 4.36. The van der Waals surface area contributed by atoms with Gasteiger partial charge in [-0.05, 0) is 40.0 Å². The van der Waals surface area contributed by atoms with E-state index in [4.69, 9.17) is 4.52 Å². The normalized spacial score (nSPS) is 19.5. The number of amides is 1. The molecule has 24 heavy (non-hydrogen) atoms. The Kier molecular flexibility index (Phi) is 5.04. The molecule has 1 aliphatic rings. The summed E-state index contributed by atoms with van der Waals surface area (Å²) in [5.41, 5.74) is 3.03. The van der Waals surface area contributed by atoms with Gasteiger partial charge in [0.1, 0.15) is 5.76 Å². The number of carbonyl (C=O) groups excluding carboxylic acids is 1. The average molecular weight is 347 g/mol. The molecule has 1 fully saturated rings. The molecule has 5 nitrogen and oxygen atoms in total. The van der Waals surface area contributed by atoms with Crippen molar-refractivity contribution in [3.8, 4) is 0 Å². The number of aromatic nitrogens is 2. The quantitative estimate of drug-likeness (QED) is 0.847. The van der Waals surface area contributed by atoms with Crippen LogP contribution in [0.15, 0.2) is 9.90 Å². The van der Waals surface area contributed by atoms with Gasteiger partial charge in [0.05, 0.1) is 10.7 Å². The molecule has 1 amide bonds. The third-order valence-corrected chi connectivity index (χ3v) is 5.96.